The van der Waals surface area contributed by atoms with Gasteiger partial charge in [-0.2, -0.15) is 0 Å². The molecule has 2 fully saturated rings. The van der Waals surface area contributed by atoms with Crippen LogP contribution in [0.5, 0.6) is 0 Å². The topological polar surface area (TPSA) is 97.4 Å². The Hall–Kier alpha value is -1.98. The van der Waals surface area contributed by atoms with Crippen LogP contribution in [0.1, 0.15) is 41.6 Å². The van der Waals surface area contributed by atoms with Gasteiger partial charge in [0.05, 0.1) is 19.8 Å². The van der Waals surface area contributed by atoms with E-state index in [1.165, 1.54) is 0 Å². The molecule has 3 heterocycles. The van der Waals surface area contributed by atoms with Gasteiger partial charge in [-0.25, -0.2) is 0 Å². The molecule has 0 bridgehead atoms. The Kier molecular flexibility index (Phi) is 9.96. The normalized spacial score (nSPS) is 20.9. The summed E-state index contributed by atoms with van der Waals surface area (Å²) in [5, 5.41) is 2.35. The van der Waals surface area contributed by atoms with Gasteiger partial charge < -0.3 is 19.1 Å². The number of nitrogens with zero attached hydrogens (tertiary/aromatic N) is 2. The van der Waals surface area contributed by atoms with Crippen LogP contribution in [0.15, 0.2) is 23.1 Å². The van der Waals surface area contributed by atoms with Gasteiger partial charge in [0.2, 0.25) is 11.8 Å². The van der Waals surface area contributed by atoms with E-state index in [1.807, 2.05) is 18.2 Å². The third-order valence-electron chi connectivity index (χ3n) is 6.47. The maximum atomic E-state index is 12.9. The van der Waals surface area contributed by atoms with Crippen LogP contribution in [0.2, 0.25) is 0 Å². The number of imide groups is 1. The number of fused-ring (bicyclic) bond motifs is 1. The molecule has 1 atom stereocenters. The molecular formula is C25H35N3O6S. The number of carbonyl (C=O) groups is 3. The van der Waals surface area contributed by atoms with Crippen molar-refractivity contribution in [3.63, 3.8) is 0 Å². The molecule has 3 aliphatic rings. The monoisotopic (exact) mass is 505 g/mol. The predicted molar refractivity (Wildman–Crippen MR) is 131 cm³/mol. The number of rotatable bonds is 13. The van der Waals surface area contributed by atoms with Gasteiger partial charge in [0.1, 0.15) is 6.04 Å². The molecular weight excluding hydrogens is 470 g/mol. The summed E-state index contributed by atoms with van der Waals surface area (Å²) in [7, 11) is 0. The van der Waals surface area contributed by atoms with Crippen molar-refractivity contribution in [1.82, 2.24) is 15.1 Å². The van der Waals surface area contributed by atoms with Crippen molar-refractivity contribution in [1.29, 1.82) is 0 Å². The molecule has 10 heteroatoms. The molecule has 2 saturated heterocycles. The maximum absolute atomic E-state index is 12.9. The van der Waals surface area contributed by atoms with Crippen LogP contribution in [-0.2, 0) is 30.3 Å². The van der Waals surface area contributed by atoms with Crippen molar-refractivity contribution in [2.45, 2.75) is 43.2 Å². The number of nitrogens with one attached hydrogen (secondary N) is 1. The molecule has 0 spiro atoms. The molecule has 0 saturated carbocycles. The zero-order chi connectivity index (χ0) is 24.5. The lowest BCUT2D eigenvalue weighted by Gasteiger charge is -2.29. The number of morpholine rings is 1. The fraction of sp³-hybridized carbons (Fsp3) is 0.640. The van der Waals surface area contributed by atoms with E-state index in [4.69, 9.17) is 14.2 Å². The summed E-state index contributed by atoms with van der Waals surface area (Å²) >= 11 is 1.66. The second-order valence-corrected chi connectivity index (χ2v) is 10.1. The molecule has 0 aliphatic carbocycles. The molecule has 4 rings (SSSR count). The highest BCUT2D eigenvalue weighted by Crippen LogP contribution is 2.34. The van der Waals surface area contributed by atoms with E-state index in [1.54, 1.807) is 16.7 Å². The fourth-order valence-corrected chi connectivity index (χ4v) is 5.53. The third kappa shape index (κ3) is 7.27. The van der Waals surface area contributed by atoms with E-state index in [9.17, 15) is 14.4 Å². The van der Waals surface area contributed by atoms with Crippen LogP contribution in [0.25, 0.3) is 0 Å². The Bertz CT molecular complexity index is 892. The number of hydrogen-bond acceptors (Lipinski definition) is 8. The highest BCUT2D eigenvalue weighted by Gasteiger charge is 2.39. The minimum Gasteiger partial charge on any atom is -0.381 e. The van der Waals surface area contributed by atoms with E-state index in [0.29, 0.717) is 38.3 Å². The maximum Gasteiger partial charge on any atom is 0.255 e. The lowest BCUT2D eigenvalue weighted by molar-refractivity contribution is -0.136. The van der Waals surface area contributed by atoms with Crippen molar-refractivity contribution in [2.24, 2.45) is 0 Å². The van der Waals surface area contributed by atoms with Gasteiger partial charge in [-0.3, -0.25) is 24.6 Å². The van der Waals surface area contributed by atoms with E-state index < -0.39 is 6.04 Å². The second-order valence-electron chi connectivity index (χ2n) is 8.92. The second kappa shape index (κ2) is 13.4. The number of carbonyl (C=O) groups excluding carboxylic acids is 3. The first kappa shape index (κ1) is 26.1. The molecule has 1 N–H and O–H groups in total. The van der Waals surface area contributed by atoms with Crippen molar-refractivity contribution in [3.8, 4) is 0 Å². The summed E-state index contributed by atoms with van der Waals surface area (Å²) in [5.41, 5.74) is 1.60. The van der Waals surface area contributed by atoms with Crippen LogP contribution >= 0.6 is 11.8 Å². The molecule has 192 valence electrons. The number of thioether (sulfide) groups is 1. The van der Waals surface area contributed by atoms with Crippen LogP contribution < -0.4 is 5.32 Å². The molecule has 1 aromatic rings. The van der Waals surface area contributed by atoms with E-state index in [0.717, 1.165) is 68.5 Å². The molecule has 1 aromatic carbocycles. The summed E-state index contributed by atoms with van der Waals surface area (Å²) in [6.45, 7) is 7.95. The van der Waals surface area contributed by atoms with Crippen molar-refractivity contribution in [2.75, 3.05) is 65.0 Å². The summed E-state index contributed by atoms with van der Waals surface area (Å²) < 4.78 is 16.8. The number of piperidine rings is 1. The fourth-order valence-electron chi connectivity index (χ4n) is 4.59. The Labute approximate surface area is 210 Å². The first-order valence-corrected chi connectivity index (χ1v) is 13.5. The quantitative estimate of drug-likeness (QED) is 0.246. The molecule has 35 heavy (non-hydrogen) atoms. The van der Waals surface area contributed by atoms with Crippen molar-refractivity contribution >= 4 is 29.5 Å². The molecule has 0 radical (unpaired) electrons. The number of benzene rings is 1. The molecule has 3 aliphatic heterocycles. The van der Waals surface area contributed by atoms with Crippen LogP contribution in [0.3, 0.4) is 0 Å². The van der Waals surface area contributed by atoms with E-state index >= 15 is 0 Å². The lowest BCUT2D eigenvalue weighted by atomic mass is 10.0. The van der Waals surface area contributed by atoms with Gasteiger partial charge >= 0.3 is 0 Å². The van der Waals surface area contributed by atoms with Gasteiger partial charge in [-0.05, 0) is 37.0 Å². The zero-order valence-electron chi connectivity index (χ0n) is 20.2. The third-order valence-corrected chi connectivity index (χ3v) is 7.53. The van der Waals surface area contributed by atoms with Gasteiger partial charge in [0, 0.05) is 68.6 Å². The van der Waals surface area contributed by atoms with Gasteiger partial charge in [0.15, 0.2) is 0 Å². The highest BCUT2D eigenvalue weighted by molar-refractivity contribution is 7.99. The average Bonchev–Trinajstić information content (AvgIpc) is 3.20. The Morgan fingerprint density at radius 1 is 1.03 bits per heavy atom. The largest absolute Gasteiger partial charge is 0.381 e. The minimum atomic E-state index is -0.588. The van der Waals surface area contributed by atoms with Crippen LogP contribution in [0.4, 0.5) is 0 Å². The highest BCUT2D eigenvalue weighted by atomic mass is 32.2. The van der Waals surface area contributed by atoms with E-state index in [-0.39, 0.29) is 24.1 Å². The SMILES string of the molecule is O=C1CCC(N2Cc3c(SCCOCCCOCCCN4CCOCC4)cccc3C2=O)C(=O)N1. The number of ether oxygens (including phenoxy) is 3. The zero-order valence-corrected chi connectivity index (χ0v) is 21.0. The van der Waals surface area contributed by atoms with Crippen molar-refractivity contribution in [3.05, 3.63) is 29.3 Å². The van der Waals surface area contributed by atoms with E-state index in [2.05, 4.69) is 10.2 Å². The van der Waals surface area contributed by atoms with Gasteiger partial charge in [-0.15, -0.1) is 11.8 Å². The summed E-state index contributed by atoms with van der Waals surface area (Å²) in [6, 6.07) is 5.11. The first-order chi connectivity index (χ1) is 17.1. The van der Waals surface area contributed by atoms with Crippen LogP contribution in [0, 0.1) is 0 Å². The van der Waals surface area contributed by atoms with Gasteiger partial charge in [0.25, 0.3) is 5.91 Å². The predicted octanol–water partition coefficient (Wildman–Crippen LogP) is 1.69. The molecule has 3 amide bonds. The summed E-state index contributed by atoms with van der Waals surface area (Å²) in [4.78, 5) is 41.7. The first-order valence-electron chi connectivity index (χ1n) is 12.5. The Morgan fingerprint density at radius 3 is 2.60 bits per heavy atom. The van der Waals surface area contributed by atoms with Gasteiger partial charge in [-0.1, -0.05) is 6.07 Å². The summed E-state index contributed by atoms with van der Waals surface area (Å²) in [6.07, 6.45) is 2.55. The van der Waals surface area contributed by atoms with Crippen LogP contribution in [-0.4, -0.2) is 98.6 Å². The van der Waals surface area contributed by atoms with Crippen molar-refractivity contribution < 1.29 is 28.6 Å². The standard InChI is InChI=1S/C25H35N3O6S/c29-23-7-6-21(24(30)26-23)28-18-20-19(25(28)31)4-1-5-22(20)35-17-16-33-13-3-12-32-11-2-8-27-9-14-34-15-10-27/h1,4-5,21H,2-3,6-18H2,(H,26,29,30). The minimum absolute atomic E-state index is 0.141. The smallest absolute Gasteiger partial charge is 0.255 e. The summed E-state index contributed by atoms with van der Waals surface area (Å²) in [5.74, 6) is -0.0186. The molecule has 0 aromatic heterocycles. The number of hydrogen-bond donors (Lipinski definition) is 1. The Balaban J connectivity index is 1.09. The number of amides is 3. The average molecular weight is 506 g/mol. The molecule has 1 unspecified atom stereocenters. The Morgan fingerprint density at radius 2 is 1.80 bits per heavy atom. The lowest BCUT2D eigenvalue weighted by Crippen LogP contribution is -2.52. The molecule has 9 nitrogen and oxygen atoms in total.